The van der Waals surface area contributed by atoms with Crippen LogP contribution in [0.3, 0.4) is 0 Å². The number of hydrogen-bond acceptors (Lipinski definition) is 5. The van der Waals surface area contributed by atoms with Crippen LogP contribution >= 0.6 is 11.8 Å². The largest absolute Gasteiger partial charge is 0.326 e. The van der Waals surface area contributed by atoms with Gasteiger partial charge in [-0.05, 0) is 55.9 Å². The molecule has 0 radical (unpaired) electrons. The number of carbonyl (C=O) groups excluding carboxylic acids is 1. The van der Waals surface area contributed by atoms with Gasteiger partial charge in [-0.3, -0.25) is 9.59 Å². The molecule has 0 aliphatic carbocycles. The van der Waals surface area contributed by atoms with Gasteiger partial charge in [0.2, 0.25) is 5.91 Å². The monoisotopic (exact) mass is 404 g/mol. The lowest BCUT2D eigenvalue weighted by molar-refractivity contribution is -0.116. The van der Waals surface area contributed by atoms with Crippen LogP contribution in [0.1, 0.15) is 28.9 Å². The van der Waals surface area contributed by atoms with Crippen molar-refractivity contribution < 1.29 is 4.79 Å². The summed E-state index contributed by atoms with van der Waals surface area (Å²) in [7, 11) is 0. The van der Waals surface area contributed by atoms with Crippen molar-refractivity contribution in [3.05, 3.63) is 81.5 Å². The summed E-state index contributed by atoms with van der Waals surface area (Å²) in [6.45, 7) is 1.78. The maximum absolute atomic E-state index is 12.3. The van der Waals surface area contributed by atoms with Gasteiger partial charge in [0.25, 0.3) is 5.56 Å². The molecule has 2 heterocycles. The van der Waals surface area contributed by atoms with Crippen molar-refractivity contribution in [3.8, 4) is 11.8 Å². The molecule has 2 aromatic heterocycles. The van der Waals surface area contributed by atoms with Crippen LogP contribution in [0, 0.1) is 18.8 Å². The van der Waals surface area contributed by atoms with Crippen LogP contribution in [0.5, 0.6) is 0 Å². The van der Waals surface area contributed by atoms with Gasteiger partial charge in [-0.25, -0.2) is 9.97 Å². The Morgan fingerprint density at radius 3 is 2.79 bits per heavy atom. The number of nitrogens with one attached hydrogen (secondary N) is 2. The molecule has 0 atom stereocenters. The average Bonchev–Trinajstić information content (AvgIpc) is 2.72. The first-order valence-corrected chi connectivity index (χ1v) is 10.2. The highest BCUT2D eigenvalue weighted by Crippen LogP contribution is 2.12. The first kappa shape index (κ1) is 20.4. The van der Waals surface area contributed by atoms with Gasteiger partial charge in [0.1, 0.15) is 5.69 Å². The molecule has 3 rings (SSSR count). The summed E-state index contributed by atoms with van der Waals surface area (Å²) in [6, 6.07) is 12.9. The Morgan fingerprint density at radius 2 is 2.07 bits per heavy atom. The molecular weight excluding hydrogens is 384 g/mol. The highest BCUT2D eigenvalue weighted by Gasteiger charge is 2.11. The van der Waals surface area contributed by atoms with Crippen LogP contribution in [0.2, 0.25) is 0 Å². The van der Waals surface area contributed by atoms with E-state index in [4.69, 9.17) is 0 Å². The Kier molecular flexibility index (Phi) is 6.82. The molecule has 0 fully saturated rings. The minimum Gasteiger partial charge on any atom is -0.326 e. The second-order valence-corrected chi connectivity index (χ2v) is 7.03. The maximum atomic E-state index is 12.3. The van der Waals surface area contributed by atoms with E-state index in [1.54, 1.807) is 25.3 Å². The van der Waals surface area contributed by atoms with Gasteiger partial charge in [0.15, 0.2) is 5.16 Å². The van der Waals surface area contributed by atoms with E-state index in [1.165, 1.54) is 11.8 Å². The van der Waals surface area contributed by atoms with Crippen LogP contribution in [-0.2, 0) is 11.2 Å². The zero-order valence-corrected chi connectivity index (χ0v) is 17.0. The number of amides is 1. The van der Waals surface area contributed by atoms with Gasteiger partial charge in [0, 0.05) is 35.1 Å². The minimum atomic E-state index is -0.193. The highest BCUT2D eigenvalue weighted by atomic mass is 32.2. The first-order chi connectivity index (χ1) is 14.0. The van der Waals surface area contributed by atoms with E-state index >= 15 is 0 Å². The van der Waals surface area contributed by atoms with Gasteiger partial charge in [-0.2, -0.15) is 0 Å². The van der Waals surface area contributed by atoms with E-state index in [0.717, 1.165) is 5.56 Å². The topological polar surface area (TPSA) is 87.7 Å². The summed E-state index contributed by atoms with van der Waals surface area (Å²) in [6.07, 6.45) is 4.05. The van der Waals surface area contributed by atoms with Crippen LogP contribution in [0.4, 0.5) is 5.69 Å². The molecule has 2 N–H and O–H groups in total. The van der Waals surface area contributed by atoms with Crippen molar-refractivity contribution in [2.24, 2.45) is 0 Å². The Morgan fingerprint density at radius 1 is 1.21 bits per heavy atom. The number of H-pyrrole nitrogens is 1. The summed E-state index contributed by atoms with van der Waals surface area (Å²) < 4.78 is 0. The number of aromatic nitrogens is 3. The molecule has 29 heavy (non-hydrogen) atoms. The fourth-order valence-electron chi connectivity index (χ4n) is 2.69. The van der Waals surface area contributed by atoms with Crippen molar-refractivity contribution in [1.29, 1.82) is 0 Å². The third-order valence-corrected chi connectivity index (χ3v) is 4.72. The Hall–Kier alpha value is -3.37. The summed E-state index contributed by atoms with van der Waals surface area (Å²) in [4.78, 5) is 35.7. The molecule has 0 aliphatic heterocycles. The van der Waals surface area contributed by atoms with Crippen molar-refractivity contribution in [3.63, 3.8) is 0 Å². The zero-order chi connectivity index (χ0) is 20.6. The molecule has 0 unspecified atom stereocenters. The quantitative estimate of drug-likeness (QED) is 0.387. The van der Waals surface area contributed by atoms with Crippen molar-refractivity contribution in [2.45, 2.75) is 24.9 Å². The van der Waals surface area contributed by atoms with E-state index in [0.29, 0.717) is 34.2 Å². The van der Waals surface area contributed by atoms with Crippen LogP contribution in [0.25, 0.3) is 0 Å². The van der Waals surface area contributed by atoms with Crippen LogP contribution in [0.15, 0.2) is 58.6 Å². The van der Waals surface area contributed by atoms with Gasteiger partial charge in [-0.15, -0.1) is 0 Å². The number of pyridine rings is 1. The van der Waals surface area contributed by atoms with Gasteiger partial charge in [-0.1, -0.05) is 29.8 Å². The molecule has 146 valence electrons. The lowest BCUT2D eigenvalue weighted by Gasteiger charge is -2.07. The summed E-state index contributed by atoms with van der Waals surface area (Å²) in [5.74, 6) is 5.85. The predicted octanol–water partition coefficient (Wildman–Crippen LogP) is 3.17. The Balaban J connectivity index is 1.63. The minimum absolute atomic E-state index is 0.174. The molecule has 1 amide bonds. The number of rotatable bonds is 5. The number of aromatic amines is 1. The number of aryl methyl sites for hydroxylation is 1. The SMILES string of the molecule is CSc1nc(C)c(CCC(=O)Nc2cccc(C#Cc3ccccn3)c2)c(=O)[nH]1. The third kappa shape index (κ3) is 5.80. The van der Waals surface area contributed by atoms with E-state index in [9.17, 15) is 9.59 Å². The number of carbonyl (C=O) groups is 1. The normalized spacial score (nSPS) is 10.1. The Labute approximate surface area is 173 Å². The predicted molar refractivity (Wildman–Crippen MR) is 115 cm³/mol. The zero-order valence-electron chi connectivity index (χ0n) is 16.2. The standard InChI is InChI=1S/C22H20N4O2S/c1-15-19(21(28)26-22(24-15)29-2)11-12-20(27)25-18-8-5-6-16(14-18)9-10-17-7-3-4-13-23-17/h3-8,13-14H,11-12H2,1-2H3,(H,25,27)(H,24,26,28). The van der Waals surface area contributed by atoms with E-state index in [1.807, 2.05) is 36.6 Å². The maximum Gasteiger partial charge on any atom is 0.254 e. The van der Waals surface area contributed by atoms with E-state index in [-0.39, 0.29) is 17.9 Å². The molecule has 0 saturated carbocycles. The molecule has 7 heteroatoms. The fourth-order valence-corrected chi connectivity index (χ4v) is 3.11. The van der Waals surface area contributed by atoms with Gasteiger partial charge in [0.05, 0.1) is 0 Å². The van der Waals surface area contributed by atoms with Gasteiger partial charge < -0.3 is 10.3 Å². The lowest BCUT2D eigenvalue weighted by atomic mass is 10.1. The molecule has 3 aromatic rings. The summed E-state index contributed by atoms with van der Waals surface area (Å²) >= 11 is 1.37. The first-order valence-electron chi connectivity index (χ1n) is 9.02. The second-order valence-electron chi connectivity index (χ2n) is 6.23. The Bertz CT molecular complexity index is 1130. The van der Waals surface area contributed by atoms with Crippen molar-refractivity contribution in [2.75, 3.05) is 11.6 Å². The summed E-state index contributed by atoms with van der Waals surface area (Å²) in [5, 5.41) is 3.43. The molecule has 0 aliphatic rings. The highest BCUT2D eigenvalue weighted by molar-refractivity contribution is 7.98. The van der Waals surface area contributed by atoms with E-state index in [2.05, 4.69) is 32.1 Å². The summed E-state index contributed by atoms with van der Waals surface area (Å²) in [5.41, 5.74) is 3.11. The molecule has 0 saturated heterocycles. The van der Waals surface area contributed by atoms with Crippen molar-refractivity contribution in [1.82, 2.24) is 15.0 Å². The van der Waals surface area contributed by atoms with E-state index < -0.39 is 0 Å². The molecule has 0 bridgehead atoms. The molecular formula is C22H20N4O2S. The number of nitrogens with zero attached hydrogens (tertiary/aromatic N) is 2. The second kappa shape index (κ2) is 9.71. The number of benzene rings is 1. The van der Waals surface area contributed by atoms with Crippen molar-refractivity contribution >= 4 is 23.4 Å². The van der Waals surface area contributed by atoms with Gasteiger partial charge >= 0.3 is 0 Å². The average molecular weight is 404 g/mol. The molecule has 0 spiro atoms. The fraction of sp³-hybridized carbons (Fsp3) is 0.182. The molecule has 1 aromatic carbocycles. The number of hydrogen-bond donors (Lipinski definition) is 2. The smallest absolute Gasteiger partial charge is 0.254 e. The lowest BCUT2D eigenvalue weighted by Crippen LogP contribution is -2.20. The van der Waals surface area contributed by atoms with Crippen LogP contribution < -0.4 is 10.9 Å². The third-order valence-electron chi connectivity index (χ3n) is 4.14. The number of anilines is 1. The van der Waals surface area contributed by atoms with Crippen LogP contribution in [-0.4, -0.2) is 27.1 Å². The molecule has 6 nitrogen and oxygen atoms in total. The number of thioether (sulfide) groups is 1.